The molecule has 4 nitrogen and oxygen atoms in total. The number of hydrogen-bond donors (Lipinski definition) is 1. The summed E-state index contributed by atoms with van der Waals surface area (Å²) in [6.07, 6.45) is 1.14. The molecule has 0 bridgehead atoms. The number of rotatable bonds is 4. The van der Waals surface area contributed by atoms with Crippen LogP contribution in [0.5, 0.6) is 5.75 Å². The first kappa shape index (κ1) is 18.3. The maximum absolute atomic E-state index is 14.6. The van der Waals surface area contributed by atoms with E-state index < -0.39 is 51.8 Å². The van der Waals surface area contributed by atoms with Gasteiger partial charge in [-0.25, -0.2) is 13.6 Å². The van der Waals surface area contributed by atoms with E-state index in [0.717, 1.165) is 6.20 Å². The van der Waals surface area contributed by atoms with Crippen LogP contribution in [-0.2, 0) is 0 Å². The van der Waals surface area contributed by atoms with E-state index >= 15 is 0 Å². The molecule has 2 aromatic heterocycles. The molecular weight excluding hydrogens is 405 g/mol. The van der Waals surface area contributed by atoms with Gasteiger partial charge in [-0.1, -0.05) is 11.6 Å². The predicted octanol–water partition coefficient (Wildman–Crippen LogP) is 5.33. The highest BCUT2D eigenvalue weighted by Gasteiger charge is 2.29. The molecule has 136 valence electrons. The highest BCUT2D eigenvalue weighted by Crippen LogP contribution is 2.42. The predicted molar refractivity (Wildman–Crippen MR) is 83.5 cm³/mol. The number of aromatic carboxylic acids is 1. The molecule has 0 atom stereocenters. The molecule has 0 radical (unpaired) electrons. The van der Waals surface area contributed by atoms with E-state index in [0.29, 0.717) is 17.4 Å². The maximum Gasteiger partial charge on any atom is 0.387 e. The van der Waals surface area contributed by atoms with E-state index in [1.54, 1.807) is 0 Å². The third kappa shape index (κ3) is 3.06. The molecule has 1 N–H and O–H groups in total. The van der Waals surface area contributed by atoms with Crippen molar-refractivity contribution in [2.75, 3.05) is 0 Å². The zero-order chi connectivity index (χ0) is 19.2. The van der Waals surface area contributed by atoms with Crippen LogP contribution in [0.15, 0.2) is 18.3 Å². The lowest BCUT2D eigenvalue weighted by Crippen LogP contribution is -2.08. The molecule has 11 heteroatoms. The van der Waals surface area contributed by atoms with Crippen LogP contribution in [0.25, 0.3) is 21.3 Å². The monoisotopic (exact) mass is 409 g/mol. The quantitative estimate of drug-likeness (QED) is 0.467. The Morgan fingerprint density at radius 2 is 1.92 bits per heavy atom. The summed E-state index contributed by atoms with van der Waals surface area (Å²) < 4.78 is 70.8. The summed E-state index contributed by atoms with van der Waals surface area (Å²) in [5, 5.41) is 9.50. The van der Waals surface area contributed by atoms with Crippen LogP contribution < -0.4 is 4.74 Å². The van der Waals surface area contributed by atoms with E-state index in [4.69, 9.17) is 11.6 Å². The van der Waals surface area contributed by atoms with Gasteiger partial charge in [0.05, 0.1) is 15.2 Å². The molecule has 3 rings (SSSR count). The molecule has 0 unspecified atom stereocenters. The molecule has 0 aliphatic carbocycles. The summed E-state index contributed by atoms with van der Waals surface area (Å²) in [5.41, 5.74) is -1.24. The number of hydrogen-bond acceptors (Lipinski definition) is 4. The first-order chi connectivity index (χ1) is 12.2. The van der Waals surface area contributed by atoms with Crippen molar-refractivity contribution in [3.8, 4) is 16.9 Å². The van der Waals surface area contributed by atoms with Gasteiger partial charge in [0.1, 0.15) is 4.88 Å². The van der Waals surface area contributed by atoms with Gasteiger partial charge in [0.25, 0.3) is 0 Å². The number of thiophene rings is 1. The summed E-state index contributed by atoms with van der Waals surface area (Å²) in [6.45, 7) is -3.62. The van der Waals surface area contributed by atoms with Gasteiger partial charge < -0.3 is 9.84 Å². The van der Waals surface area contributed by atoms with Crippen LogP contribution in [0.1, 0.15) is 9.67 Å². The Morgan fingerprint density at radius 1 is 1.23 bits per heavy atom. The normalized spacial score (nSPS) is 11.3. The molecule has 1 aromatic carbocycles. The third-order valence-corrected chi connectivity index (χ3v) is 4.60. The van der Waals surface area contributed by atoms with E-state index in [2.05, 4.69) is 9.72 Å². The number of carboxylic acids is 1. The van der Waals surface area contributed by atoms with Crippen molar-refractivity contribution in [3.63, 3.8) is 0 Å². The lowest BCUT2D eigenvalue weighted by molar-refractivity contribution is -0.0549. The summed E-state index contributed by atoms with van der Waals surface area (Å²) in [5.74, 6) is -8.48. The Kier molecular flexibility index (Phi) is 4.72. The lowest BCUT2D eigenvalue weighted by atomic mass is 10.0. The van der Waals surface area contributed by atoms with Crippen LogP contribution in [-0.4, -0.2) is 22.7 Å². The average Bonchev–Trinajstić information content (AvgIpc) is 2.93. The van der Waals surface area contributed by atoms with Gasteiger partial charge in [0.15, 0.2) is 11.6 Å². The van der Waals surface area contributed by atoms with E-state index in [9.17, 15) is 31.9 Å². The second kappa shape index (κ2) is 6.69. The molecular formula is C15H5ClF5NO3S. The molecule has 2 heterocycles. The Balaban J connectivity index is 2.38. The van der Waals surface area contributed by atoms with Crippen molar-refractivity contribution in [2.45, 2.75) is 6.61 Å². The Labute approximate surface area is 150 Å². The van der Waals surface area contributed by atoms with Crippen molar-refractivity contribution < 1.29 is 36.6 Å². The van der Waals surface area contributed by atoms with Crippen molar-refractivity contribution in [1.29, 1.82) is 0 Å². The van der Waals surface area contributed by atoms with Crippen LogP contribution >= 0.6 is 22.9 Å². The lowest BCUT2D eigenvalue weighted by Gasteiger charge is -2.11. The Morgan fingerprint density at radius 3 is 2.54 bits per heavy atom. The number of nitrogens with zero attached hydrogens (tertiary/aromatic N) is 1. The fourth-order valence-electron chi connectivity index (χ4n) is 2.31. The molecule has 0 amide bonds. The third-order valence-electron chi connectivity index (χ3n) is 3.28. The molecule has 0 spiro atoms. The molecule has 0 saturated heterocycles. The minimum atomic E-state index is -3.62. The number of pyridine rings is 1. The average molecular weight is 410 g/mol. The van der Waals surface area contributed by atoms with Crippen molar-refractivity contribution in [2.24, 2.45) is 0 Å². The molecule has 0 fully saturated rings. The fourth-order valence-corrected chi connectivity index (χ4v) is 3.59. The molecule has 0 aliphatic rings. The number of ether oxygens (including phenoxy) is 1. The molecule has 3 aromatic rings. The van der Waals surface area contributed by atoms with Gasteiger partial charge in [-0.15, -0.1) is 11.3 Å². The SMILES string of the molecule is O=C(O)c1sc2cc(Cl)cnc2c1-c1cc(F)c(F)c(OC(F)F)c1F. The minimum absolute atomic E-state index is 0.0651. The standard InChI is InChI=1S/C15H5ClF5NO3S/c16-4-1-7-11(22-3-4)8(13(26-7)14(23)24)5-2-6(17)10(19)12(9(5)18)25-15(20)21/h1-3,15H,(H,23,24). The van der Waals surface area contributed by atoms with Crippen molar-refractivity contribution in [3.05, 3.63) is 45.7 Å². The van der Waals surface area contributed by atoms with Crippen LogP contribution in [0, 0.1) is 17.5 Å². The van der Waals surface area contributed by atoms with Crippen LogP contribution in [0.2, 0.25) is 5.02 Å². The first-order valence-corrected chi connectivity index (χ1v) is 7.84. The van der Waals surface area contributed by atoms with Gasteiger partial charge in [-0.05, 0) is 12.1 Å². The van der Waals surface area contributed by atoms with Gasteiger partial charge in [-0.2, -0.15) is 13.2 Å². The second-order valence-corrected chi connectivity index (χ2v) is 6.34. The fraction of sp³-hybridized carbons (Fsp3) is 0.0667. The zero-order valence-corrected chi connectivity index (χ0v) is 13.8. The van der Waals surface area contributed by atoms with Crippen LogP contribution in [0.4, 0.5) is 22.0 Å². The molecule has 0 aliphatic heterocycles. The summed E-state index contributed by atoms with van der Waals surface area (Å²) in [4.78, 5) is 14.9. The summed E-state index contributed by atoms with van der Waals surface area (Å²) >= 11 is 6.44. The van der Waals surface area contributed by atoms with Gasteiger partial charge in [0.2, 0.25) is 11.6 Å². The Bertz CT molecular complexity index is 1040. The van der Waals surface area contributed by atoms with Crippen molar-refractivity contribution >= 4 is 39.1 Å². The van der Waals surface area contributed by atoms with Crippen molar-refractivity contribution in [1.82, 2.24) is 4.98 Å². The van der Waals surface area contributed by atoms with Gasteiger partial charge in [0, 0.05) is 17.3 Å². The maximum atomic E-state index is 14.6. The highest BCUT2D eigenvalue weighted by molar-refractivity contribution is 7.21. The number of benzene rings is 1. The van der Waals surface area contributed by atoms with Crippen LogP contribution in [0.3, 0.4) is 0 Å². The Hall–Kier alpha value is -2.46. The minimum Gasteiger partial charge on any atom is -0.477 e. The number of carboxylic acid groups (broad SMARTS) is 1. The molecule has 0 saturated carbocycles. The summed E-state index contributed by atoms with van der Waals surface area (Å²) in [7, 11) is 0. The number of carbonyl (C=O) groups is 1. The van der Waals surface area contributed by atoms with E-state index in [1.165, 1.54) is 6.07 Å². The molecule has 26 heavy (non-hydrogen) atoms. The largest absolute Gasteiger partial charge is 0.477 e. The van der Waals surface area contributed by atoms with Gasteiger partial charge in [-0.3, -0.25) is 4.98 Å². The first-order valence-electron chi connectivity index (χ1n) is 6.64. The zero-order valence-electron chi connectivity index (χ0n) is 12.2. The number of halogens is 6. The topological polar surface area (TPSA) is 59.4 Å². The van der Waals surface area contributed by atoms with Gasteiger partial charge >= 0.3 is 12.6 Å². The van der Waals surface area contributed by atoms with E-state index in [-0.39, 0.29) is 15.2 Å². The summed E-state index contributed by atoms with van der Waals surface area (Å²) in [6, 6.07) is 1.70. The number of alkyl halides is 2. The highest BCUT2D eigenvalue weighted by atomic mass is 35.5. The van der Waals surface area contributed by atoms with E-state index in [1.807, 2.05) is 0 Å². The number of aromatic nitrogens is 1. The number of fused-ring (bicyclic) bond motifs is 1. The second-order valence-electron chi connectivity index (χ2n) is 4.85. The smallest absolute Gasteiger partial charge is 0.387 e.